The van der Waals surface area contributed by atoms with Crippen LogP contribution in [-0.4, -0.2) is 43.0 Å². The Balaban J connectivity index is 2.24. The van der Waals surface area contributed by atoms with E-state index in [0.717, 1.165) is 19.5 Å². The van der Waals surface area contributed by atoms with Crippen LogP contribution in [0.5, 0.6) is 0 Å². The molecule has 0 aromatic heterocycles. The van der Waals surface area contributed by atoms with Crippen LogP contribution in [0.1, 0.15) is 19.8 Å². The topological polar surface area (TPSA) is 61.4 Å². The summed E-state index contributed by atoms with van der Waals surface area (Å²) < 4.78 is 0. The predicted octanol–water partition coefficient (Wildman–Crippen LogP) is 0.730. The molecule has 1 atom stereocenters. The summed E-state index contributed by atoms with van der Waals surface area (Å²) in [6, 6.07) is -0.458. The normalized spacial score (nSPS) is 20.6. The predicted molar refractivity (Wildman–Crippen MR) is 66.6 cm³/mol. The summed E-state index contributed by atoms with van der Waals surface area (Å²) in [4.78, 5) is 24.8. The summed E-state index contributed by atoms with van der Waals surface area (Å²) >= 11 is 0. The number of imide groups is 1. The summed E-state index contributed by atoms with van der Waals surface area (Å²) in [6.45, 7) is 8.19. The van der Waals surface area contributed by atoms with Gasteiger partial charge in [-0.3, -0.25) is 15.0 Å². The van der Waals surface area contributed by atoms with Crippen molar-refractivity contribution in [3.63, 3.8) is 0 Å². The highest BCUT2D eigenvalue weighted by molar-refractivity contribution is 5.95. The lowest BCUT2D eigenvalue weighted by Gasteiger charge is -2.29. The monoisotopic (exact) mass is 239 g/mol. The van der Waals surface area contributed by atoms with Gasteiger partial charge in [-0.15, -0.1) is 6.58 Å². The zero-order chi connectivity index (χ0) is 12.7. The Labute approximate surface area is 102 Å². The number of carbonyl (C=O) groups is 2. The third kappa shape index (κ3) is 5.49. The van der Waals surface area contributed by atoms with Crippen molar-refractivity contribution >= 4 is 11.9 Å². The van der Waals surface area contributed by atoms with Gasteiger partial charge < -0.3 is 5.32 Å². The Morgan fingerprint density at radius 2 is 2.29 bits per heavy atom. The van der Waals surface area contributed by atoms with Crippen LogP contribution in [0, 0.1) is 5.92 Å². The van der Waals surface area contributed by atoms with Crippen molar-refractivity contribution in [1.29, 1.82) is 0 Å². The van der Waals surface area contributed by atoms with E-state index in [9.17, 15) is 9.59 Å². The molecule has 1 aliphatic rings. The number of rotatable bonds is 4. The van der Waals surface area contributed by atoms with E-state index in [2.05, 4.69) is 29.0 Å². The molecule has 0 aromatic carbocycles. The Kier molecular flexibility index (Phi) is 5.69. The number of urea groups is 1. The number of carbonyl (C=O) groups excluding carboxylic acids is 2. The minimum atomic E-state index is -0.458. The van der Waals surface area contributed by atoms with Crippen LogP contribution in [0.25, 0.3) is 0 Å². The number of amides is 3. The van der Waals surface area contributed by atoms with Crippen molar-refractivity contribution in [2.24, 2.45) is 5.92 Å². The maximum atomic E-state index is 11.6. The molecule has 1 fully saturated rings. The number of nitrogens with one attached hydrogen (secondary N) is 2. The molecule has 0 spiro atoms. The first-order chi connectivity index (χ1) is 8.11. The van der Waals surface area contributed by atoms with Gasteiger partial charge in [0.2, 0.25) is 5.91 Å². The highest BCUT2D eigenvalue weighted by Crippen LogP contribution is 2.14. The third-order valence-electron chi connectivity index (χ3n) is 2.77. The summed E-state index contributed by atoms with van der Waals surface area (Å²) in [6.07, 6.45) is 3.91. The Morgan fingerprint density at radius 1 is 1.53 bits per heavy atom. The van der Waals surface area contributed by atoms with E-state index >= 15 is 0 Å². The zero-order valence-electron chi connectivity index (χ0n) is 10.4. The molecule has 0 saturated carbocycles. The number of nitrogens with zero attached hydrogens (tertiary/aromatic N) is 1. The summed E-state index contributed by atoms with van der Waals surface area (Å²) in [7, 11) is 0. The Hall–Kier alpha value is -1.36. The second-order valence-corrected chi connectivity index (χ2v) is 4.53. The van der Waals surface area contributed by atoms with E-state index < -0.39 is 6.03 Å². The lowest BCUT2D eigenvalue weighted by Crippen LogP contribution is -2.46. The molecule has 1 heterocycles. The maximum Gasteiger partial charge on any atom is 0.321 e. The van der Waals surface area contributed by atoms with Gasteiger partial charge in [0.25, 0.3) is 0 Å². The second kappa shape index (κ2) is 7.06. The summed E-state index contributed by atoms with van der Waals surface area (Å²) in [5.41, 5.74) is 0. The van der Waals surface area contributed by atoms with Crippen molar-refractivity contribution in [1.82, 2.24) is 15.5 Å². The van der Waals surface area contributed by atoms with Gasteiger partial charge in [-0.1, -0.05) is 13.0 Å². The number of likely N-dealkylation sites (tertiary alicyclic amines) is 1. The maximum absolute atomic E-state index is 11.6. The molecule has 0 radical (unpaired) electrons. The molecule has 0 bridgehead atoms. The van der Waals surface area contributed by atoms with Crippen molar-refractivity contribution < 1.29 is 9.59 Å². The van der Waals surface area contributed by atoms with E-state index in [4.69, 9.17) is 0 Å². The lowest BCUT2D eigenvalue weighted by molar-refractivity contribution is -0.121. The second-order valence-electron chi connectivity index (χ2n) is 4.53. The molecular weight excluding hydrogens is 218 g/mol. The molecule has 1 saturated heterocycles. The fraction of sp³-hybridized carbons (Fsp3) is 0.667. The molecule has 1 aliphatic heterocycles. The molecule has 5 nitrogen and oxygen atoms in total. The first-order valence-electron chi connectivity index (χ1n) is 6.02. The van der Waals surface area contributed by atoms with E-state index in [-0.39, 0.29) is 5.91 Å². The van der Waals surface area contributed by atoms with Crippen LogP contribution in [-0.2, 0) is 4.79 Å². The first kappa shape index (κ1) is 13.7. The minimum absolute atomic E-state index is 0.249. The molecule has 0 aromatic rings. The average molecular weight is 239 g/mol. The van der Waals surface area contributed by atoms with Crippen LogP contribution < -0.4 is 10.6 Å². The van der Waals surface area contributed by atoms with Crippen LogP contribution >= 0.6 is 0 Å². The molecule has 0 aliphatic carbocycles. The van der Waals surface area contributed by atoms with Gasteiger partial charge in [0.15, 0.2) is 0 Å². The van der Waals surface area contributed by atoms with Gasteiger partial charge in [0.1, 0.15) is 0 Å². The lowest BCUT2D eigenvalue weighted by atomic mass is 10.0. The number of piperidine rings is 1. The molecule has 5 heteroatoms. The molecular formula is C12H21N3O2. The van der Waals surface area contributed by atoms with Crippen molar-refractivity contribution in [2.45, 2.75) is 19.8 Å². The van der Waals surface area contributed by atoms with Gasteiger partial charge in [-0.2, -0.15) is 0 Å². The van der Waals surface area contributed by atoms with E-state index in [0.29, 0.717) is 19.0 Å². The van der Waals surface area contributed by atoms with Gasteiger partial charge in [0, 0.05) is 13.1 Å². The van der Waals surface area contributed by atoms with E-state index in [1.54, 1.807) is 6.08 Å². The molecule has 1 rings (SSSR count). The van der Waals surface area contributed by atoms with Crippen molar-refractivity contribution in [3.8, 4) is 0 Å². The van der Waals surface area contributed by atoms with Crippen LogP contribution in [0.15, 0.2) is 12.7 Å². The quantitative estimate of drug-likeness (QED) is 0.711. The number of hydrogen-bond acceptors (Lipinski definition) is 3. The third-order valence-corrected chi connectivity index (χ3v) is 2.77. The summed E-state index contributed by atoms with van der Waals surface area (Å²) in [5, 5.41) is 4.80. The minimum Gasteiger partial charge on any atom is -0.334 e. The fourth-order valence-corrected chi connectivity index (χ4v) is 2.01. The molecule has 3 amide bonds. The van der Waals surface area contributed by atoms with Crippen molar-refractivity contribution in [3.05, 3.63) is 12.7 Å². The molecule has 96 valence electrons. The van der Waals surface area contributed by atoms with Crippen LogP contribution in [0.2, 0.25) is 0 Å². The highest BCUT2D eigenvalue weighted by Gasteiger charge is 2.19. The van der Waals surface area contributed by atoms with E-state index in [1.807, 2.05) is 0 Å². The van der Waals surface area contributed by atoms with Gasteiger partial charge in [-0.05, 0) is 25.3 Å². The molecule has 2 N–H and O–H groups in total. The van der Waals surface area contributed by atoms with Gasteiger partial charge >= 0.3 is 6.03 Å². The fourth-order valence-electron chi connectivity index (χ4n) is 2.01. The Bertz CT molecular complexity index is 291. The smallest absolute Gasteiger partial charge is 0.321 e. The highest BCUT2D eigenvalue weighted by atomic mass is 16.2. The van der Waals surface area contributed by atoms with Crippen LogP contribution in [0.4, 0.5) is 4.79 Å². The summed E-state index contributed by atoms with van der Waals surface area (Å²) in [5.74, 6) is 0.381. The largest absolute Gasteiger partial charge is 0.334 e. The van der Waals surface area contributed by atoms with Crippen LogP contribution in [0.3, 0.4) is 0 Å². The zero-order valence-corrected chi connectivity index (χ0v) is 10.4. The number of hydrogen-bond donors (Lipinski definition) is 2. The van der Waals surface area contributed by atoms with Crippen molar-refractivity contribution in [2.75, 3.05) is 26.2 Å². The molecule has 17 heavy (non-hydrogen) atoms. The first-order valence-corrected chi connectivity index (χ1v) is 6.02. The van der Waals surface area contributed by atoms with Gasteiger partial charge in [0.05, 0.1) is 6.54 Å². The molecule has 1 unspecified atom stereocenters. The average Bonchev–Trinajstić information content (AvgIpc) is 2.26. The Morgan fingerprint density at radius 3 is 2.94 bits per heavy atom. The van der Waals surface area contributed by atoms with Gasteiger partial charge in [-0.25, -0.2) is 4.79 Å². The van der Waals surface area contributed by atoms with E-state index in [1.165, 1.54) is 6.42 Å². The SMILES string of the molecule is C=CCNC(=O)NC(=O)CN1CCCC(C)C1. The standard InChI is InChI=1S/C12H21N3O2/c1-3-6-13-12(17)14-11(16)9-15-7-4-5-10(2)8-15/h3,10H,1,4-9H2,2H3,(H2,13,14,16,17).